The molecular weight excluding hydrogens is 252 g/mol. The fraction of sp³-hybridized carbons (Fsp3) is 0.438. The first-order chi connectivity index (χ1) is 9.70. The third-order valence-corrected chi connectivity index (χ3v) is 3.96. The number of anilines is 1. The van der Waals surface area contributed by atoms with Crippen molar-refractivity contribution in [2.24, 2.45) is 5.92 Å². The monoisotopic (exact) mass is 272 g/mol. The number of nitrogens with zero attached hydrogens (tertiary/aromatic N) is 1. The Morgan fingerprint density at radius 2 is 2.05 bits per heavy atom. The van der Waals surface area contributed by atoms with Crippen molar-refractivity contribution in [3.05, 3.63) is 30.0 Å². The van der Waals surface area contributed by atoms with Crippen molar-refractivity contribution in [1.82, 2.24) is 5.16 Å². The van der Waals surface area contributed by atoms with Gasteiger partial charge in [-0.3, -0.25) is 0 Å². The number of benzene rings is 1. The standard InChI is InChI=1S/C16H20N2O2/c1-3-19-13-8-6-12(7-9-13)14-15(18-20-16(14)17)10(2)11-4-5-11/h6-11H,3-5,17H2,1-2H3. The summed E-state index contributed by atoms with van der Waals surface area (Å²) in [5, 5.41) is 4.18. The summed E-state index contributed by atoms with van der Waals surface area (Å²) in [4.78, 5) is 0. The Kier molecular flexibility index (Phi) is 3.38. The van der Waals surface area contributed by atoms with E-state index in [1.54, 1.807) is 0 Å². The fourth-order valence-corrected chi connectivity index (χ4v) is 2.62. The largest absolute Gasteiger partial charge is 0.494 e. The van der Waals surface area contributed by atoms with Crippen LogP contribution in [-0.2, 0) is 0 Å². The summed E-state index contributed by atoms with van der Waals surface area (Å²) in [6.07, 6.45) is 2.55. The summed E-state index contributed by atoms with van der Waals surface area (Å²) in [6.45, 7) is 4.84. The van der Waals surface area contributed by atoms with Crippen molar-refractivity contribution in [3.8, 4) is 16.9 Å². The predicted octanol–water partition coefficient (Wildman–Crippen LogP) is 3.84. The number of hydrogen-bond acceptors (Lipinski definition) is 4. The van der Waals surface area contributed by atoms with Crippen LogP contribution in [0, 0.1) is 5.92 Å². The van der Waals surface area contributed by atoms with E-state index in [0.29, 0.717) is 18.4 Å². The molecule has 1 fully saturated rings. The van der Waals surface area contributed by atoms with Gasteiger partial charge >= 0.3 is 0 Å². The normalized spacial score (nSPS) is 16.1. The van der Waals surface area contributed by atoms with Gasteiger partial charge in [-0.25, -0.2) is 0 Å². The minimum Gasteiger partial charge on any atom is -0.494 e. The molecule has 4 heteroatoms. The van der Waals surface area contributed by atoms with Crippen LogP contribution in [0.3, 0.4) is 0 Å². The molecule has 1 unspecified atom stereocenters. The highest BCUT2D eigenvalue weighted by Gasteiger charge is 2.33. The van der Waals surface area contributed by atoms with Gasteiger partial charge in [-0.1, -0.05) is 24.2 Å². The van der Waals surface area contributed by atoms with Gasteiger partial charge in [0.25, 0.3) is 0 Å². The summed E-state index contributed by atoms with van der Waals surface area (Å²) in [7, 11) is 0. The molecule has 2 aromatic rings. The van der Waals surface area contributed by atoms with Gasteiger partial charge in [0.15, 0.2) is 0 Å². The zero-order valence-corrected chi connectivity index (χ0v) is 11.9. The third kappa shape index (κ3) is 2.38. The number of nitrogen functional groups attached to an aromatic ring is 1. The van der Waals surface area contributed by atoms with Crippen molar-refractivity contribution < 1.29 is 9.26 Å². The molecule has 1 aliphatic rings. The smallest absolute Gasteiger partial charge is 0.230 e. The van der Waals surface area contributed by atoms with Crippen molar-refractivity contribution in [2.75, 3.05) is 12.3 Å². The summed E-state index contributed by atoms with van der Waals surface area (Å²) >= 11 is 0. The van der Waals surface area contributed by atoms with Crippen LogP contribution in [0.5, 0.6) is 5.75 Å². The molecule has 1 atom stereocenters. The van der Waals surface area contributed by atoms with E-state index < -0.39 is 0 Å². The van der Waals surface area contributed by atoms with Gasteiger partial charge in [0.05, 0.1) is 17.9 Å². The Labute approximate surface area is 118 Å². The Morgan fingerprint density at radius 1 is 1.35 bits per heavy atom. The molecule has 1 aromatic heterocycles. The van der Waals surface area contributed by atoms with E-state index in [1.165, 1.54) is 12.8 Å². The molecular formula is C16H20N2O2. The molecule has 1 saturated carbocycles. The minimum atomic E-state index is 0.400. The number of ether oxygens (including phenoxy) is 1. The lowest BCUT2D eigenvalue weighted by molar-refractivity contribution is 0.340. The molecule has 20 heavy (non-hydrogen) atoms. The van der Waals surface area contributed by atoms with Crippen LogP contribution in [-0.4, -0.2) is 11.8 Å². The van der Waals surface area contributed by atoms with Crippen molar-refractivity contribution in [3.63, 3.8) is 0 Å². The van der Waals surface area contributed by atoms with Gasteiger partial charge in [0, 0.05) is 5.92 Å². The van der Waals surface area contributed by atoms with Crippen LogP contribution in [0.15, 0.2) is 28.8 Å². The Hall–Kier alpha value is -1.97. The Bertz CT molecular complexity index is 585. The van der Waals surface area contributed by atoms with Crippen LogP contribution in [0.1, 0.15) is 38.3 Å². The highest BCUT2D eigenvalue weighted by Crippen LogP contribution is 2.45. The average molecular weight is 272 g/mol. The molecule has 0 spiro atoms. The molecule has 106 valence electrons. The molecule has 1 aliphatic carbocycles. The molecule has 0 aliphatic heterocycles. The van der Waals surface area contributed by atoms with Crippen LogP contribution < -0.4 is 10.5 Å². The second-order valence-electron chi connectivity index (χ2n) is 5.39. The fourth-order valence-electron chi connectivity index (χ4n) is 2.62. The maximum absolute atomic E-state index is 5.97. The van der Waals surface area contributed by atoms with Crippen molar-refractivity contribution in [1.29, 1.82) is 0 Å². The highest BCUT2D eigenvalue weighted by atomic mass is 16.5. The van der Waals surface area contributed by atoms with E-state index in [0.717, 1.165) is 28.5 Å². The number of hydrogen-bond donors (Lipinski definition) is 1. The van der Waals surface area contributed by atoms with E-state index in [9.17, 15) is 0 Å². The molecule has 0 bridgehead atoms. The summed E-state index contributed by atoms with van der Waals surface area (Å²) in [5.41, 5.74) is 8.92. The van der Waals surface area contributed by atoms with Gasteiger partial charge in [0.1, 0.15) is 5.75 Å². The topological polar surface area (TPSA) is 61.3 Å². The minimum absolute atomic E-state index is 0.400. The molecule has 0 amide bonds. The van der Waals surface area contributed by atoms with E-state index in [1.807, 2.05) is 31.2 Å². The first kappa shape index (κ1) is 13.0. The lowest BCUT2D eigenvalue weighted by Gasteiger charge is -2.10. The average Bonchev–Trinajstić information content (AvgIpc) is 3.23. The van der Waals surface area contributed by atoms with E-state index >= 15 is 0 Å². The second-order valence-corrected chi connectivity index (χ2v) is 5.39. The summed E-state index contributed by atoms with van der Waals surface area (Å²) in [5.74, 6) is 2.39. The SMILES string of the molecule is CCOc1ccc(-c2c(C(C)C3CC3)noc2N)cc1. The van der Waals surface area contributed by atoms with Gasteiger partial charge in [-0.2, -0.15) is 0 Å². The Balaban J connectivity index is 1.94. The maximum atomic E-state index is 5.97. The quantitative estimate of drug-likeness (QED) is 0.898. The van der Waals surface area contributed by atoms with Crippen LogP contribution in [0.2, 0.25) is 0 Å². The molecule has 1 aromatic carbocycles. The number of aromatic nitrogens is 1. The first-order valence-electron chi connectivity index (χ1n) is 7.19. The zero-order chi connectivity index (χ0) is 14.1. The molecule has 2 N–H and O–H groups in total. The van der Waals surface area contributed by atoms with Crippen LogP contribution >= 0.6 is 0 Å². The predicted molar refractivity (Wildman–Crippen MR) is 78.7 cm³/mol. The van der Waals surface area contributed by atoms with Gasteiger partial charge in [-0.15, -0.1) is 0 Å². The number of nitrogens with two attached hydrogens (primary N) is 1. The lowest BCUT2D eigenvalue weighted by atomic mass is 9.95. The molecule has 3 rings (SSSR count). The number of rotatable bonds is 5. The highest BCUT2D eigenvalue weighted by molar-refractivity contribution is 5.76. The third-order valence-electron chi connectivity index (χ3n) is 3.96. The lowest BCUT2D eigenvalue weighted by Crippen LogP contribution is -1.99. The zero-order valence-electron chi connectivity index (χ0n) is 11.9. The first-order valence-corrected chi connectivity index (χ1v) is 7.19. The summed E-state index contributed by atoms with van der Waals surface area (Å²) < 4.78 is 10.7. The van der Waals surface area contributed by atoms with Crippen LogP contribution in [0.4, 0.5) is 5.88 Å². The molecule has 0 radical (unpaired) electrons. The van der Waals surface area contributed by atoms with E-state index in [4.69, 9.17) is 15.0 Å². The molecule has 4 nitrogen and oxygen atoms in total. The van der Waals surface area contributed by atoms with Gasteiger partial charge in [0.2, 0.25) is 5.88 Å². The summed E-state index contributed by atoms with van der Waals surface area (Å²) in [6, 6.07) is 7.93. The maximum Gasteiger partial charge on any atom is 0.230 e. The van der Waals surface area contributed by atoms with Crippen molar-refractivity contribution in [2.45, 2.75) is 32.6 Å². The van der Waals surface area contributed by atoms with E-state index in [-0.39, 0.29) is 0 Å². The molecule has 1 heterocycles. The van der Waals surface area contributed by atoms with Crippen LogP contribution in [0.25, 0.3) is 11.1 Å². The van der Waals surface area contributed by atoms with E-state index in [2.05, 4.69) is 12.1 Å². The van der Waals surface area contributed by atoms with Crippen molar-refractivity contribution >= 4 is 5.88 Å². The molecule has 0 saturated heterocycles. The van der Waals surface area contributed by atoms with Gasteiger partial charge in [-0.05, 0) is 43.4 Å². The Morgan fingerprint density at radius 3 is 2.65 bits per heavy atom. The second kappa shape index (κ2) is 5.19. The van der Waals surface area contributed by atoms with Gasteiger partial charge < -0.3 is 15.0 Å².